The second-order valence-electron chi connectivity index (χ2n) is 5.24. The average Bonchev–Trinajstić information content (AvgIpc) is 3.02. The van der Waals surface area contributed by atoms with Crippen LogP contribution in [0.5, 0.6) is 0 Å². The average molecular weight is 354 g/mol. The van der Waals surface area contributed by atoms with E-state index in [0.29, 0.717) is 20.7 Å². The van der Waals surface area contributed by atoms with Crippen LogP contribution in [0.2, 0.25) is 8.67 Å². The molecule has 20 heavy (non-hydrogen) atoms. The summed E-state index contributed by atoms with van der Waals surface area (Å²) in [6, 6.07) is 1.49. The third-order valence-corrected chi connectivity index (χ3v) is 6.90. The van der Waals surface area contributed by atoms with Gasteiger partial charge in [-0.1, -0.05) is 23.2 Å². The number of carbonyl (C=O) groups is 1. The highest BCUT2D eigenvalue weighted by atomic mass is 35.5. The summed E-state index contributed by atoms with van der Waals surface area (Å²) in [5.41, 5.74) is 0.387. The Balaban J connectivity index is 1.88. The fourth-order valence-corrected chi connectivity index (χ4v) is 5.76. The molecule has 2 fully saturated rings. The quantitative estimate of drug-likeness (QED) is 0.839. The first-order valence-corrected chi connectivity index (χ1v) is 9.75. The van der Waals surface area contributed by atoms with Crippen LogP contribution in [-0.2, 0) is 9.84 Å². The highest BCUT2D eigenvalue weighted by Gasteiger charge is 2.43. The molecule has 4 nitrogen and oxygen atoms in total. The minimum absolute atomic E-state index is 0.0602. The number of halogens is 2. The number of hydrogen-bond donors (Lipinski definition) is 0. The first kappa shape index (κ1) is 14.6. The molecule has 0 bridgehead atoms. The van der Waals surface area contributed by atoms with Gasteiger partial charge in [-0.15, -0.1) is 11.3 Å². The van der Waals surface area contributed by atoms with E-state index in [2.05, 4.69) is 0 Å². The number of hydrogen-bond acceptors (Lipinski definition) is 4. The maximum atomic E-state index is 12.7. The standard InChI is InChI=1S/C12H13Cl2NO3S2/c13-10-5-9(11(14)19-10)12(16)15(7-1-2-7)8-3-4-20(17,18)6-8/h5,7-8H,1-4,6H2. The lowest BCUT2D eigenvalue weighted by molar-refractivity contribution is 0.0681. The molecule has 1 unspecified atom stereocenters. The van der Waals surface area contributed by atoms with E-state index in [0.717, 1.165) is 24.2 Å². The van der Waals surface area contributed by atoms with Gasteiger partial charge >= 0.3 is 0 Å². The Bertz CT molecular complexity index is 652. The maximum Gasteiger partial charge on any atom is 0.256 e. The normalized spacial score (nSPS) is 24.8. The van der Waals surface area contributed by atoms with Gasteiger partial charge in [0.2, 0.25) is 0 Å². The van der Waals surface area contributed by atoms with Crippen LogP contribution in [0.4, 0.5) is 0 Å². The fourth-order valence-electron chi connectivity index (χ4n) is 2.60. The zero-order valence-electron chi connectivity index (χ0n) is 10.5. The summed E-state index contributed by atoms with van der Waals surface area (Å²) < 4.78 is 24.1. The molecule has 1 aliphatic carbocycles. The monoisotopic (exact) mass is 353 g/mol. The van der Waals surface area contributed by atoms with E-state index in [9.17, 15) is 13.2 Å². The number of carbonyl (C=O) groups excluding carboxylic acids is 1. The lowest BCUT2D eigenvalue weighted by atomic mass is 10.2. The summed E-state index contributed by atoms with van der Waals surface area (Å²) >= 11 is 13.1. The van der Waals surface area contributed by atoms with Gasteiger partial charge in [0, 0.05) is 12.1 Å². The van der Waals surface area contributed by atoms with Crippen LogP contribution in [0.1, 0.15) is 29.6 Å². The van der Waals surface area contributed by atoms with Crippen LogP contribution < -0.4 is 0 Å². The minimum Gasteiger partial charge on any atom is -0.332 e. The van der Waals surface area contributed by atoms with Gasteiger partial charge in [-0.2, -0.15) is 0 Å². The molecule has 1 amide bonds. The molecule has 1 aromatic heterocycles. The van der Waals surface area contributed by atoms with Crippen LogP contribution in [0, 0.1) is 0 Å². The zero-order chi connectivity index (χ0) is 14.5. The summed E-state index contributed by atoms with van der Waals surface area (Å²) in [5.74, 6) is 0.0274. The van der Waals surface area contributed by atoms with Crippen molar-refractivity contribution >= 4 is 50.3 Å². The van der Waals surface area contributed by atoms with Crippen LogP contribution in [0.15, 0.2) is 6.07 Å². The third kappa shape index (κ3) is 2.84. The second kappa shape index (κ2) is 5.16. The van der Waals surface area contributed by atoms with E-state index in [1.165, 1.54) is 0 Å². The predicted molar refractivity (Wildman–Crippen MR) is 80.6 cm³/mol. The number of thiophene rings is 1. The highest BCUT2D eigenvalue weighted by Crippen LogP contribution is 2.37. The lowest BCUT2D eigenvalue weighted by Gasteiger charge is -2.28. The molecule has 1 aromatic rings. The predicted octanol–water partition coefficient (Wildman–Crippen LogP) is 2.85. The molecule has 110 valence electrons. The Hall–Kier alpha value is -0.300. The zero-order valence-corrected chi connectivity index (χ0v) is 13.7. The SMILES string of the molecule is O=C(c1cc(Cl)sc1Cl)N(C1CC1)C1CCS(=O)(=O)C1. The van der Waals surface area contributed by atoms with Crippen molar-refractivity contribution < 1.29 is 13.2 Å². The van der Waals surface area contributed by atoms with Crippen molar-refractivity contribution in [3.63, 3.8) is 0 Å². The van der Waals surface area contributed by atoms with Gasteiger partial charge in [0.25, 0.3) is 5.91 Å². The molecule has 3 rings (SSSR count). The van der Waals surface area contributed by atoms with Crippen molar-refractivity contribution in [1.82, 2.24) is 4.90 Å². The molecule has 0 N–H and O–H groups in total. The Kier molecular flexibility index (Phi) is 3.77. The molecule has 2 heterocycles. The Morgan fingerprint density at radius 2 is 1.95 bits per heavy atom. The van der Waals surface area contributed by atoms with E-state index < -0.39 is 9.84 Å². The molecule has 1 atom stereocenters. The Labute approximate surface area is 131 Å². The number of sulfone groups is 1. The molecule has 1 aliphatic heterocycles. The van der Waals surface area contributed by atoms with Crippen molar-refractivity contribution in [2.75, 3.05) is 11.5 Å². The van der Waals surface area contributed by atoms with Crippen LogP contribution in [-0.4, -0.2) is 42.8 Å². The molecule has 1 saturated heterocycles. The Morgan fingerprint density at radius 1 is 1.25 bits per heavy atom. The molecular formula is C12H13Cl2NO3S2. The molecule has 0 aromatic carbocycles. The smallest absolute Gasteiger partial charge is 0.256 e. The van der Waals surface area contributed by atoms with Gasteiger partial charge in [0.15, 0.2) is 9.84 Å². The minimum atomic E-state index is -3.02. The van der Waals surface area contributed by atoms with Gasteiger partial charge < -0.3 is 4.90 Å². The summed E-state index contributed by atoms with van der Waals surface area (Å²) in [5, 5.41) is 0. The molecule has 2 aliphatic rings. The summed E-state index contributed by atoms with van der Waals surface area (Å²) in [6.45, 7) is 0. The molecule has 0 radical (unpaired) electrons. The highest BCUT2D eigenvalue weighted by molar-refractivity contribution is 7.91. The van der Waals surface area contributed by atoms with E-state index in [-0.39, 0.29) is 29.5 Å². The summed E-state index contributed by atoms with van der Waals surface area (Å²) in [7, 11) is -3.02. The summed E-state index contributed by atoms with van der Waals surface area (Å²) in [4.78, 5) is 14.4. The fraction of sp³-hybridized carbons (Fsp3) is 0.583. The van der Waals surface area contributed by atoms with Gasteiger partial charge in [-0.3, -0.25) is 4.79 Å². The van der Waals surface area contributed by atoms with Gasteiger partial charge in [-0.25, -0.2) is 8.42 Å². The molecule has 8 heteroatoms. The van der Waals surface area contributed by atoms with Crippen molar-refractivity contribution in [3.8, 4) is 0 Å². The van der Waals surface area contributed by atoms with E-state index >= 15 is 0 Å². The van der Waals surface area contributed by atoms with E-state index in [1.54, 1.807) is 11.0 Å². The van der Waals surface area contributed by atoms with Crippen molar-refractivity contribution in [3.05, 3.63) is 20.3 Å². The van der Waals surface area contributed by atoms with Gasteiger partial charge in [0.05, 0.1) is 21.4 Å². The van der Waals surface area contributed by atoms with E-state index in [1.807, 2.05) is 0 Å². The molecule has 1 saturated carbocycles. The van der Waals surface area contributed by atoms with Crippen LogP contribution >= 0.6 is 34.5 Å². The van der Waals surface area contributed by atoms with Crippen molar-refractivity contribution in [2.45, 2.75) is 31.3 Å². The first-order valence-electron chi connectivity index (χ1n) is 6.35. The topological polar surface area (TPSA) is 54.5 Å². The largest absolute Gasteiger partial charge is 0.332 e. The van der Waals surface area contributed by atoms with Gasteiger partial charge in [-0.05, 0) is 25.3 Å². The first-order chi connectivity index (χ1) is 9.37. The second-order valence-corrected chi connectivity index (χ2v) is 9.75. The Morgan fingerprint density at radius 3 is 2.40 bits per heavy atom. The van der Waals surface area contributed by atoms with Crippen molar-refractivity contribution in [2.24, 2.45) is 0 Å². The van der Waals surface area contributed by atoms with Crippen LogP contribution in [0.25, 0.3) is 0 Å². The summed E-state index contributed by atoms with van der Waals surface area (Å²) in [6.07, 6.45) is 2.37. The molecule has 0 spiro atoms. The molecular weight excluding hydrogens is 341 g/mol. The van der Waals surface area contributed by atoms with Crippen LogP contribution in [0.3, 0.4) is 0 Å². The third-order valence-electron chi connectivity index (χ3n) is 3.66. The number of amides is 1. The lowest BCUT2D eigenvalue weighted by Crippen LogP contribution is -2.42. The van der Waals surface area contributed by atoms with Crippen molar-refractivity contribution in [1.29, 1.82) is 0 Å². The van der Waals surface area contributed by atoms with Gasteiger partial charge in [0.1, 0.15) is 4.34 Å². The number of rotatable bonds is 3. The maximum absolute atomic E-state index is 12.7. The van der Waals surface area contributed by atoms with E-state index in [4.69, 9.17) is 23.2 Å². The number of nitrogens with zero attached hydrogens (tertiary/aromatic N) is 1.